The molecular formula is C26H24NO3. The van der Waals surface area contributed by atoms with E-state index < -0.39 is 0 Å². The van der Waals surface area contributed by atoms with Crippen LogP contribution < -0.4 is 0 Å². The van der Waals surface area contributed by atoms with Crippen LogP contribution in [0.1, 0.15) is 33.9 Å². The molecule has 3 aromatic carbocycles. The maximum atomic E-state index is 9.79. The van der Waals surface area contributed by atoms with Gasteiger partial charge in [0.25, 0.3) is 0 Å². The van der Waals surface area contributed by atoms with Crippen molar-refractivity contribution in [2.75, 3.05) is 0 Å². The Hall–Kier alpha value is -3.53. The van der Waals surface area contributed by atoms with E-state index in [1.807, 2.05) is 0 Å². The Labute approximate surface area is 176 Å². The fraction of sp³-hybridized carbons (Fsp3) is 0.154. The molecule has 0 amide bonds. The third-order valence-corrected chi connectivity index (χ3v) is 5.21. The highest BCUT2D eigenvalue weighted by molar-refractivity contribution is 5.59. The molecule has 151 valence electrons. The Kier molecular flexibility index (Phi) is 5.57. The van der Waals surface area contributed by atoms with Crippen LogP contribution in [0.4, 0.5) is 0 Å². The second-order valence-electron chi connectivity index (χ2n) is 7.59. The van der Waals surface area contributed by atoms with Gasteiger partial charge in [-0.15, -0.1) is 0 Å². The molecule has 0 saturated carbocycles. The zero-order valence-electron chi connectivity index (χ0n) is 17.0. The Bertz CT molecular complexity index is 1130. The molecule has 1 atom stereocenters. The second-order valence-corrected chi connectivity index (χ2v) is 7.59. The van der Waals surface area contributed by atoms with E-state index in [1.165, 1.54) is 28.8 Å². The van der Waals surface area contributed by atoms with Gasteiger partial charge in [0.1, 0.15) is 6.26 Å². The number of hydrogen-bond donors (Lipinski definition) is 2. The number of aromatic hydroxyl groups is 2. The van der Waals surface area contributed by atoms with Crippen molar-refractivity contribution in [2.24, 2.45) is 0 Å². The molecule has 0 unspecified atom stereocenters. The van der Waals surface area contributed by atoms with E-state index in [9.17, 15) is 10.2 Å². The molecular weight excluding hydrogens is 374 g/mol. The lowest BCUT2D eigenvalue weighted by Crippen LogP contribution is -2.05. The first-order valence-electron chi connectivity index (χ1n) is 9.93. The van der Waals surface area contributed by atoms with Crippen molar-refractivity contribution in [1.29, 1.82) is 0 Å². The first-order valence-corrected chi connectivity index (χ1v) is 9.93. The molecule has 0 saturated heterocycles. The largest absolute Gasteiger partial charge is 0.504 e. The fourth-order valence-electron chi connectivity index (χ4n) is 3.40. The maximum Gasteiger partial charge on any atom is 0.226 e. The quantitative estimate of drug-likeness (QED) is 0.394. The lowest BCUT2D eigenvalue weighted by atomic mass is 9.89. The van der Waals surface area contributed by atoms with E-state index in [4.69, 9.17) is 4.42 Å². The van der Waals surface area contributed by atoms with E-state index in [1.54, 1.807) is 12.3 Å². The lowest BCUT2D eigenvalue weighted by molar-refractivity contribution is 0.403. The molecule has 2 N–H and O–H groups in total. The van der Waals surface area contributed by atoms with Gasteiger partial charge in [-0.25, -0.2) is 4.98 Å². The number of rotatable bonds is 6. The zero-order chi connectivity index (χ0) is 21.1. The van der Waals surface area contributed by atoms with Gasteiger partial charge in [0.15, 0.2) is 11.5 Å². The van der Waals surface area contributed by atoms with Crippen molar-refractivity contribution in [3.8, 4) is 23.0 Å². The van der Waals surface area contributed by atoms with Gasteiger partial charge in [-0.3, -0.25) is 0 Å². The van der Waals surface area contributed by atoms with Crippen LogP contribution in [0, 0.1) is 20.3 Å². The molecule has 0 fully saturated rings. The first-order chi connectivity index (χ1) is 14.5. The molecule has 0 aliphatic rings. The highest BCUT2D eigenvalue weighted by Crippen LogP contribution is 2.33. The van der Waals surface area contributed by atoms with Crippen LogP contribution in [0.2, 0.25) is 0 Å². The summed E-state index contributed by atoms with van der Waals surface area (Å²) in [6.45, 7) is 4.15. The maximum absolute atomic E-state index is 9.79. The summed E-state index contributed by atoms with van der Waals surface area (Å²) >= 11 is 0. The third-order valence-electron chi connectivity index (χ3n) is 5.21. The average Bonchev–Trinajstić information content (AvgIpc) is 3.23. The zero-order valence-corrected chi connectivity index (χ0v) is 17.0. The number of phenolic OH excluding ortho intramolecular Hbond substituents is 2. The Balaban J connectivity index is 1.63. The molecule has 30 heavy (non-hydrogen) atoms. The molecule has 0 spiro atoms. The minimum absolute atomic E-state index is 0.0323. The molecule has 0 bridgehead atoms. The smallest absolute Gasteiger partial charge is 0.226 e. The molecule has 0 aliphatic heterocycles. The summed E-state index contributed by atoms with van der Waals surface area (Å²) in [5.41, 5.74) is 6.24. The summed E-state index contributed by atoms with van der Waals surface area (Å²) in [6.07, 6.45) is 4.71. The summed E-state index contributed by atoms with van der Waals surface area (Å²) in [5.74, 6) is -0.000904. The minimum Gasteiger partial charge on any atom is -0.504 e. The predicted molar refractivity (Wildman–Crippen MR) is 117 cm³/mol. The Morgan fingerprint density at radius 3 is 2.20 bits per heavy atom. The number of hydrogen-bond acceptors (Lipinski definition) is 4. The second kappa shape index (κ2) is 8.46. The van der Waals surface area contributed by atoms with Crippen LogP contribution in [-0.2, 0) is 6.42 Å². The summed E-state index contributed by atoms with van der Waals surface area (Å²) in [6, 6.07) is 21.5. The third kappa shape index (κ3) is 4.38. The van der Waals surface area contributed by atoms with E-state index in [2.05, 4.69) is 73.8 Å². The van der Waals surface area contributed by atoms with Gasteiger partial charge in [-0.1, -0.05) is 59.7 Å². The molecule has 1 aromatic heterocycles. The number of benzene rings is 3. The lowest BCUT2D eigenvalue weighted by Gasteiger charge is -2.15. The average molecular weight is 398 g/mol. The first kappa shape index (κ1) is 19.8. The predicted octanol–water partition coefficient (Wildman–Crippen LogP) is 5.95. The molecule has 0 aliphatic carbocycles. The summed E-state index contributed by atoms with van der Waals surface area (Å²) < 4.78 is 5.72. The van der Waals surface area contributed by atoms with Crippen LogP contribution in [0.15, 0.2) is 77.4 Å². The minimum atomic E-state index is -0.201. The highest BCUT2D eigenvalue weighted by Gasteiger charge is 2.20. The van der Waals surface area contributed by atoms with Crippen molar-refractivity contribution in [3.63, 3.8) is 0 Å². The number of phenols is 2. The molecule has 4 nitrogen and oxygen atoms in total. The van der Waals surface area contributed by atoms with Crippen molar-refractivity contribution >= 4 is 0 Å². The fourth-order valence-corrected chi connectivity index (χ4v) is 3.40. The van der Waals surface area contributed by atoms with Crippen molar-refractivity contribution in [1.82, 2.24) is 4.98 Å². The van der Waals surface area contributed by atoms with E-state index in [0.29, 0.717) is 11.5 Å². The summed E-state index contributed by atoms with van der Waals surface area (Å²) in [5, 5.41) is 19.3. The van der Waals surface area contributed by atoms with Crippen LogP contribution in [-0.4, -0.2) is 15.2 Å². The van der Waals surface area contributed by atoms with Gasteiger partial charge in [-0.2, -0.15) is 0 Å². The van der Waals surface area contributed by atoms with Crippen molar-refractivity contribution in [2.45, 2.75) is 26.2 Å². The van der Waals surface area contributed by atoms with Crippen molar-refractivity contribution in [3.05, 3.63) is 107 Å². The van der Waals surface area contributed by atoms with Gasteiger partial charge in [-0.05, 0) is 56.0 Å². The number of aryl methyl sites for hydroxylation is 2. The van der Waals surface area contributed by atoms with Gasteiger partial charge in [0.2, 0.25) is 5.89 Å². The Morgan fingerprint density at radius 1 is 0.867 bits per heavy atom. The molecule has 4 aromatic rings. The van der Waals surface area contributed by atoms with Crippen LogP contribution in [0.3, 0.4) is 0 Å². The molecule has 4 heteroatoms. The molecule has 1 radical (unpaired) electrons. The van der Waals surface area contributed by atoms with Gasteiger partial charge < -0.3 is 14.6 Å². The van der Waals surface area contributed by atoms with Gasteiger partial charge in [0, 0.05) is 11.5 Å². The normalized spacial score (nSPS) is 12.1. The van der Waals surface area contributed by atoms with Crippen LogP contribution in [0.5, 0.6) is 11.5 Å². The molecule has 1 heterocycles. The molecule has 4 rings (SSSR count). The summed E-state index contributed by atoms with van der Waals surface area (Å²) in [7, 11) is 0. The number of oxazole rings is 1. The van der Waals surface area contributed by atoms with Gasteiger partial charge in [0.05, 0.1) is 5.69 Å². The van der Waals surface area contributed by atoms with Crippen LogP contribution >= 0.6 is 0 Å². The number of nitrogens with zero attached hydrogens (tertiary/aromatic N) is 1. The van der Waals surface area contributed by atoms with Crippen LogP contribution in [0.25, 0.3) is 11.5 Å². The van der Waals surface area contributed by atoms with E-state index in [0.717, 1.165) is 17.7 Å². The van der Waals surface area contributed by atoms with Gasteiger partial charge >= 0.3 is 0 Å². The van der Waals surface area contributed by atoms with E-state index >= 15 is 0 Å². The standard InChI is InChI=1S/C26H24NO3/c1-17-3-7-19(8-4-17)9-13-22(20-10-5-18(2)6-11-20)23-16-30-26(27-23)21-12-14-24(28)25(29)15-21/h3-8,10-16,22,28-29H,9H2,1-2H3/t22-/m1/s1. The topological polar surface area (TPSA) is 66.5 Å². The highest BCUT2D eigenvalue weighted by atomic mass is 16.3. The Morgan fingerprint density at radius 2 is 1.53 bits per heavy atom. The monoisotopic (exact) mass is 398 g/mol. The summed E-state index contributed by atoms with van der Waals surface area (Å²) in [4.78, 5) is 4.69. The van der Waals surface area contributed by atoms with E-state index in [-0.39, 0.29) is 17.4 Å². The SMILES string of the molecule is Cc1ccc(C[CH][C@H](c2ccc(C)cc2)c2coc(-c3ccc(O)c(O)c3)n2)cc1. The number of aromatic nitrogens is 1. The van der Waals surface area contributed by atoms with Crippen molar-refractivity contribution < 1.29 is 14.6 Å².